The molecular formula is C24H28N2O3. The molecule has 2 heterocycles. The highest BCUT2D eigenvalue weighted by atomic mass is 16.7. The lowest BCUT2D eigenvalue weighted by Crippen LogP contribution is -2.33. The normalized spacial score (nSPS) is 17.2. The average molecular weight is 392 g/mol. The van der Waals surface area contributed by atoms with Gasteiger partial charge in [0.25, 0.3) is 0 Å². The predicted molar refractivity (Wildman–Crippen MR) is 114 cm³/mol. The van der Waals surface area contributed by atoms with Crippen LogP contribution in [-0.4, -0.2) is 40.8 Å². The van der Waals surface area contributed by atoms with Crippen LogP contribution in [0.2, 0.25) is 0 Å². The number of para-hydroxylation sites is 1. The van der Waals surface area contributed by atoms with E-state index >= 15 is 0 Å². The maximum absolute atomic E-state index is 12.9. The Labute approximate surface area is 171 Å². The molecule has 5 nitrogen and oxygen atoms in total. The fourth-order valence-electron chi connectivity index (χ4n) is 3.99. The van der Waals surface area contributed by atoms with E-state index in [4.69, 9.17) is 9.57 Å². The number of benzene rings is 2. The third kappa shape index (κ3) is 4.01. The number of aromatic nitrogens is 1. The monoisotopic (exact) mass is 392 g/mol. The summed E-state index contributed by atoms with van der Waals surface area (Å²) in [7, 11) is 0. The standard InChI is InChI=1S/C24H28N2O3/c1-17(2)25-14-13-20(15-25)29-26-18(3)23(21-11-7-8-12-22(21)26)24(27)28-16-19-9-5-4-6-10-19/h4-12,17,20H,13-16H2,1-3H3/t20-/m0/s1. The van der Waals surface area contributed by atoms with Crippen molar-refractivity contribution in [2.45, 2.75) is 45.9 Å². The van der Waals surface area contributed by atoms with Crippen LogP contribution in [0.1, 0.15) is 41.9 Å². The topological polar surface area (TPSA) is 43.7 Å². The van der Waals surface area contributed by atoms with Gasteiger partial charge >= 0.3 is 5.97 Å². The molecule has 1 fully saturated rings. The molecule has 1 saturated heterocycles. The van der Waals surface area contributed by atoms with Gasteiger partial charge in [0.1, 0.15) is 12.7 Å². The quantitative estimate of drug-likeness (QED) is 0.589. The number of nitrogens with zero attached hydrogens (tertiary/aromatic N) is 2. The second kappa shape index (κ2) is 8.29. The van der Waals surface area contributed by atoms with E-state index in [0.717, 1.165) is 41.7 Å². The summed E-state index contributed by atoms with van der Waals surface area (Å²) in [5.41, 5.74) is 3.24. The minimum atomic E-state index is -0.319. The molecule has 0 spiro atoms. The molecule has 1 aliphatic rings. The van der Waals surface area contributed by atoms with Crippen LogP contribution >= 0.6 is 0 Å². The van der Waals surface area contributed by atoms with Gasteiger partial charge in [-0.05, 0) is 32.4 Å². The third-order valence-corrected chi connectivity index (χ3v) is 5.64. The Morgan fingerprint density at radius 2 is 1.83 bits per heavy atom. The number of hydrogen-bond donors (Lipinski definition) is 0. The Hall–Kier alpha value is -2.79. The Morgan fingerprint density at radius 3 is 2.55 bits per heavy atom. The van der Waals surface area contributed by atoms with Gasteiger partial charge in [0, 0.05) is 30.9 Å². The van der Waals surface area contributed by atoms with Crippen LogP contribution in [0, 0.1) is 6.92 Å². The first-order chi connectivity index (χ1) is 14.0. The third-order valence-electron chi connectivity index (χ3n) is 5.64. The number of likely N-dealkylation sites (tertiary alicyclic amines) is 1. The molecule has 3 aromatic rings. The van der Waals surface area contributed by atoms with E-state index < -0.39 is 0 Å². The van der Waals surface area contributed by atoms with E-state index in [1.807, 2.05) is 66.3 Å². The first kappa shape index (κ1) is 19.5. The lowest BCUT2D eigenvalue weighted by molar-refractivity contribution is 0.0406. The summed E-state index contributed by atoms with van der Waals surface area (Å²) < 4.78 is 7.44. The van der Waals surface area contributed by atoms with Crippen LogP contribution in [0.15, 0.2) is 54.6 Å². The molecule has 152 valence electrons. The molecule has 0 bridgehead atoms. The first-order valence-electron chi connectivity index (χ1n) is 10.3. The van der Waals surface area contributed by atoms with Crippen LogP contribution < -0.4 is 4.84 Å². The number of carbonyl (C=O) groups excluding carboxylic acids is 1. The van der Waals surface area contributed by atoms with Crippen LogP contribution in [-0.2, 0) is 11.3 Å². The second-order valence-electron chi connectivity index (χ2n) is 7.94. The van der Waals surface area contributed by atoms with E-state index in [1.54, 1.807) is 0 Å². The van der Waals surface area contributed by atoms with Crippen molar-refractivity contribution in [2.24, 2.45) is 0 Å². The number of carbonyl (C=O) groups is 1. The summed E-state index contributed by atoms with van der Waals surface area (Å²) in [6.07, 6.45) is 1.10. The SMILES string of the molecule is Cc1c(C(=O)OCc2ccccc2)c2ccccc2n1O[C@H]1CCN(C(C)C)C1. The molecule has 5 heteroatoms. The van der Waals surface area contributed by atoms with Gasteiger partial charge in [-0.3, -0.25) is 4.90 Å². The molecule has 1 aliphatic heterocycles. The second-order valence-corrected chi connectivity index (χ2v) is 7.94. The minimum absolute atomic E-state index is 0.111. The van der Waals surface area contributed by atoms with Gasteiger partial charge < -0.3 is 9.57 Å². The lowest BCUT2D eigenvalue weighted by Gasteiger charge is -2.21. The van der Waals surface area contributed by atoms with Crippen molar-refractivity contribution < 1.29 is 14.4 Å². The van der Waals surface area contributed by atoms with E-state index in [-0.39, 0.29) is 18.7 Å². The summed E-state index contributed by atoms with van der Waals surface area (Å²) in [6, 6.07) is 18.1. The van der Waals surface area contributed by atoms with Gasteiger partial charge in [0.2, 0.25) is 0 Å². The van der Waals surface area contributed by atoms with E-state index in [2.05, 4.69) is 18.7 Å². The molecule has 1 aromatic heterocycles. The molecule has 0 radical (unpaired) electrons. The molecule has 0 saturated carbocycles. The van der Waals surface area contributed by atoms with Crippen molar-refractivity contribution in [2.75, 3.05) is 13.1 Å². The number of esters is 1. The smallest absolute Gasteiger partial charge is 0.341 e. The number of hydrogen-bond acceptors (Lipinski definition) is 4. The maximum Gasteiger partial charge on any atom is 0.341 e. The Morgan fingerprint density at radius 1 is 1.10 bits per heavy atom. The average Bonchev–Trinajstić information content (AvgIpc) is 3.31. The zero-order valence-corrected chi connectivity index (χ0v) is 17.3. The van der Waals surface area contributed by atoms with Gasteiger partial charge in [-0.25, -0.2) is 4.79 Å². The Bertz CT molecular complexity index is 994. The van der Waals surface area contributed by atoms with E-state index in [9.17, 15) is 4.79 Å². The van der Waals surface area contributed by atoms with Gasteiger partial charge in [-0.2, -0.15) is 4.73 Å². The molecule has 1 atom stereocenters. The van der Waals surface area contributed by atoms with E-state index in [1.165, 1.54) is 0 Å². The van der Waals surface area contributed by atoms with Gasteiger partial charge in [0.05, 0.1) is 16.8 Å². The zero-order chi connectivity index (χ0) is 20.4. The highest BCUT2D eigenvalue weighted by Gasteiger charge is 2.28. The molecule has 0 amide bonds. The van der Waals surface area contributed by atoms with Gasteiger partial charge in [-0.1, -0.05) is 48.5 Å². The fourth-order valence-corrected chi connectivity index (χ4v) is 3.99. The zero-order valence-electron chi connectivity index (χ0n) is 17.3. The van der Waals surface area contributed by atoms with Crippen LogP contribution in [0.4, 0.5) is 0 Å². The van der Waals surface area contributed by atoms with Gasteiger partial charge in [-0.15, -0.1) is 0 Å². The minimum Gasteiger partial charge on any atom is -0.457 e. The maximum atomic E-state index is 12.9. The van der Waals surface area contributed by atoms with E-state index in [0.29, 0.717) is 11.6 Å². The molecule has 2 aromatic carbocycles. The Kier molecular flexibility index (Phi) is 5.58. The van der Waals surface area contributed by atoms with Crippen LogP contribution in [0.25, 0.3) is 10.9 Å². The highest BCUT2D eigenvalue weighted by Crippen LogP contribution is 2.27. The lowest BCUT2D eigenvalue weighted by atomic mass is 10.1. The van der Waals surface area contributed by atoms with Crippen molar-refractivity contribution in [3.63, 3.8) is 0 Å². The van der Waals surface area contributed by atoms with Crippen molar-refractivity contribution >= 4 is 16.9 Å². The summed E-state index contributed by atoms with van der Waals surface area (Å²) in [5, 5.41) is 0.863. The predicted octanol–water partition coefficient (Wildman–Crippen LogP) is 4.22. The molecule has 0 unspecified atom stereocenters. The first-order valence-corrected chi connectivity index (χ1v) is 10.3. The summed E-state index contributed by atoms with van der Waals surface area (Å²) in [4.78, 5) is 21.7. The number of fused-ring (bicyclic) bond motifs is 1. The number of rotatable bonds is 6. The summed E-state index contributed by atoms with van der Waals surface area (Å²) >= 11 is 0. The molecule has 4 rings (SSSR count). The summed E-state index contributed by atoms with van der Waals surface area (Å²) in [5.74, 6) is -0.319. The van der Waals surface area contributed by atoms with Crippen molar-refractivity contribution in [1.82, 2.24) is 9.63 Å². The van der Waals surface area contributed by atoms with Crippen molar-refractivity contribution in [3.8, 4) is 0 Å². The highest BCUT2D eigenvalue weighted by molar-refractivity contribution is 6.05. The molecular weight excluding hydrogens is 364 g/mol. The molecule has 0 aliphatic carbocycles. The number of ether oxygens (including phenoxy) is 1. The molecule has 0 N–H and O–H groups in total. The Balaban J connectivity index is 1.58. The van der Waals surface area contributed by atoms with Crippen LogP contribution in [0.3, 0.4) is 0 Å². The largest absolute Gasteiger partial charge is 0.457 e. The van der Waals surface area contributed by atoms with Gasteiger partial charge in [0.15, 0.2) is 0 Å². The summed E-state index contributed by atoms with van der Waals surface area (Å²) in [6.45, 7) is 8.53. The van der Waals surface area contributed by atoms with Crippen molar-refractivity contribution in [1.29, 1.82) is 0 Å². The van der Waals surface area contributed by atoms with Crippen LogP contribution in [0.5, 0.6) is 0 Å². The fraction of sp³-hybridized carbons (Fsp3) is 0.375. The van der Waals surface area contributed by atoms with Crippen molar-refractivity contribution in [3.05, 3.63) is 71.4 Å². The molecule has 29 heavy (non-hydrogen) atoms.